The summed E-state index contributed by atoms with van der Waals surface area (Å²) < 4.78 is -4.83. The van der Waals surface area contributed by atoms with Crippen LogP contribution in [0, 0.1) is 0 Å². The number of rotatable bonds is 5. The Labute approximate surface area is 196 Å². The van der Waals surface area contributed by atoms with Crippen LogP contribution in [0.4, 0.5) is 0 Å². The van der Waals surface area contributed by atoms with Crippen LogP contribution < -0.4 is 0 Å². The Morgan fingerprint density at radius 1 is 0.964 bits per heavy atom. The lowest BCUT2D eigenvalue weighted by atomic mass is 10.1. The largest absolute Gasteiger partial charge is 0.480 e. The molecule has 28 heavy (non-hydrogen) atoms. The molecule has 12 heteroatoms. The summed E-state index contributed by atoms with van der Waals surface area (Å²) in [6.45, 7) is 3.48. The number of carbonyl (C=O) groups is 1. The molecule has 2 rings (SSSR count). The second-order valence-electron chi connectivity index (χ2n) is 5.82. The van der Waals surface area contributed by atoms with Crippen LogP contribution in [0.1, 0.15) is 31.9 Å². The molecule has 1 heterocycles. The van der Waals surface area contributed by atoms with E-state index in [0.29, 0.717) is 12.0 Å². The van der Waals surface area contributed by atoms with Gasteiger partial charge in [0.05, 0.1) is 0 Å². The first-order valence-electron chi connectivity index (χ1n) is 7.69. The number of benzene rings is 1. The lowest BCUT2D eigenvalue weighted by molar-refractivity contribution is -0.139. The number of hydrogen-bond acceptors (Lipinski definition) is 5. The van der Waals surface area contributed by atoms with Gasteiger partial charge in [-0.25, -0.2) is 15.0 Å². The number of carboxylic acids is 1. The third kappa shape index (κ3) is 5.91. The molecule has 0 saturated heterocycles. The van der Waals surface area contributed by atoms with Crippen LogP contribution in [0.15, 0.2) is 29.2 Å². The molecule has 1 aromatic carbocycles. The molecule has 0 spiro atoms. The van der Waals surface area contributed by atoms with E-state index in [2.05, 4.69) is 15.0 Å². The minimum Gasteiger partial charge on any atom is -0.480 e. The molecule has 0 bridgehead atoms. The average Bonchev–Trinajstić information content (AvgIpc) is 2.60. The first kappa shape index (κ1) is 24.1. The van der Waals surface area contributed by atoms with Gasteiger partial charge in [0.1, 0.15) is 4.75 Å². The standard InChI is InChI=1S/C16H13Cl6N3O2S/c1-3-14(2,13(26)27)28-9-6-4-8(5-7-9)10-23-11(15(17,18)19)25-12(24-10)16(20,21)22/h4-7H,3H2,1-2H3,(H,26,27). The summed E-state index contributed by atoms with van der Waals surface area (Å²) in [5, 5.41) is 9.42. The summed E-state index contributed by atoms with van der Waals surface area (Å²) in [4.78, 5) is 24.4. The van der Waals surface area contributed by atoms with Crippen LogP contribution in [0.5, 0.6) is 0 Å². The van der Waals surface area contributed by atoms with Crippen molar-refractivity contribution in [1.82, 2.24) is 15.0 Å². The Morgan fingerprint density at radius 2 is 1.43 bits per heavy atom. The Bertz CT molecular complexity index is 838. The van der Waals surface area contributed by atoms with Crippen LogP contribution in [0.2, 0.25) is 0 Å². The summed E-state index contributed by atoms with van der Waals surface area (Å²) in [7, 11) is 0. The second-order valence-corrected chi connectivity index (χ2v) is 12.0. The highest BCUT2D eigenvalue weighted by Gasteiger charge is 2.34. The summed E-state index contributed by atoms with van der Waals surface area (Å²) in [6.07, 6.45) is 0.460. The maximum Gasteiger partial charge on any atom is 0.319 e. The molecule has 0 aliphatic carbocycles. The fourth-order valence-electron chi connectivity index (χ4n) is 1.96. The molecule has 1 atom stereocenters. The van der Waals surface area contributed by atoms with Crippen molar-refractivity contribution >= 4 is 87.3 Å². The number of halogens is 6. The number of alkyl halides is 6. The van der Waals surface area contributed by atoms with Gasteiger partial charge in [-0.3, -0.25) is 4.79 Å². The molecular weight excluding hydrogens is 511 g/mol. The molecule has 0 amide bonds. The van der Waals surface area contributed by atoms with Crippen LogP contribution >= 0.6 is 81.4 Å². The van der Waals surface area contributed by atoms with Crippen molar-refractivity contribution in [3.63, 3.8) is 0 Å². The quantitative estimate of drug-likeness (QED) is 0.354. The maximum atomic E-state index is 11.5. The predicted molar refractivity (Wildman–Crippen MR) is 116 cm³/mol. The van der Waals surface area contributed by atoms with Gasteiger partial charge in [0.25, 0.3) is 0 Å². The minimum atomic E-state index is -1.94. The molecule has 1 unspecified atom stereocenters. The average molecular weight is 524 g/mol. The SMILES string of the molecule is CCC(C)(Sc1ccc(-c2nc(C(Cl)(Cl)Cl)nc(C(Cl)(Cl)Cl)n2)cc1)C(=O)O. The van der Waals surface area contributed by atoms with Gasteiger partial charge in [-0.1, -0.05) is 88.7 Å². The number of thioether (sulfide) groups is 1. The zero-order valence-electron chi connectivity index (χ0n) is 14.4. The predicted octanol–water partition coefficient (Wildman–Crippen LogP) is 6.54. The van der Waals surface area contributed by atoms with E-state index in [1.54, 1.807) is 31.2 Å². The van der Waals surface area contributed by atoms with Gasteiger partial charge in [0, 0.05) is 10.5 Å². The molecule has 152 valence electrons. The summed E-state index contributed by atoms with van der Waals surface area (Å²) in [5.74, 6) is -1.12. The normalized spacial score (nSPS) is 14.6. The van der Waals surface area contributed by atoms with Crippen molar-refractivity contribution in [2.24, 2.45) is 0 Å². The van der Waals surface area contributed by atoms with E-state index < -0.39 is 18.3 Å². The summed E-state index contributed by atoms with van der Waals surface area (Å²) in [6, 6.07) is 6.87. The highest BCUT2D eigenvalue weighted by atomic mass is 35.6. The highest BCUT2D eigenvalue weighted by Crippen LogP contribution is 2.41. The molecule has 1 N–H and O–H groups in total. The monoisotopic (exact) mass is 521 g/mol. The Balaban J connectivity index is 2.44. The van der Waals surface area contributed by atoms with Crippen LogP contribution in [-0.2, 0) is 12.4 Å². The molecule has 0 aliphatic rings. The van der Waals surface area contributed by atoms with Crippen molar-refractivity contribution in [2.75, 3.05) is 0 Å². The van der Waals surface area contributed by atoms with Crippen molar-refractivity contribution in [1.29, 1.82) is 0 Å². The third-order valence-electron chi connectivity index (χ3n) is 3.73. The number of aliphatic carboxylic acids is 1. The lowest BCUT2D eigenvalue weighted by Crippen LogP contribution is -2.30. The zero-order chi connectivity index (χ0) is 21.3. The van der Waals surface area contributed by atoms with E-state index in [9.17, 15) is 9.90 Å². The number of nitrogens with zero attached hydrogens (tertiary/aromatic N) is 3. The van der Waals surface area contributed by atoms with Crippen LogP contribution in [0.25, 0.3) is 11.4 Å². The highest BCUT2D eigenvalue weighted by molar-refractivity contribution is 8.01. The van der Waals surface area contributed by atoms with Gasteiger partial charge < -0.3 is 5.11 Å². The van der Waals surface area contributed by atoms with Gasteiger partial charge in [-0.15, -0.1) is 11.8 Å². The number of aromatic nitrogens is 3. The van der Waals surface area contributed by atoms with Gasteiger partial charge in [0.2, 0.25) is 7.59 Å². The lowest BCUT2D eigenvalue weighted by Gasteiger charge is -2.22. The van der Waals surface area contributed by atoms with Gasteiger partial charge in [-0.05, 0) is 25.5 Å². The van der Waals surface area contributed by atoms with Crippen LogP contribution in [-0.4, -0.2) is 30.8 Å². The van der Waals surface area contributed by atoms with Crippen LogP contribution in [0.3, 0.4) is 0 Å². The van der Waals surface area contributed by atoms with Crippen molar-refractivity contribution in [3.05, 3.63) is 35.9 Å². The van der Waals surface area contributed by atoms with Gasteiger partial charge in [0.15, 0.2) is 17.5 Å². The molecule has 5 nitrogen and oxygen atoms in total. The fraction of sp³-hybridized carbons (Fsp3) is 0.375. The number of carboxylic acid groups (broad SMARTS) is 1. The first-order valence-corrected chi connectivity index (χ1v) is 10.8. The number of hydrogen-bond donors (Lipinski definition) is 1. The van der Waals surface area contributed by atoms with Crippen molar-refractivity contribution < 1.29 is 9.90 Å². The molecule has 1 aromatic heterocycles. The van der Waals surface area contributed by atoms with Crippen molar-refractivity contribution in [3.8, 4) is 11.4 Å². The van der Waals surface area contributed by atoms with Gasteiger partial charge in [-0.2, -0.15) is 0 Å². The second kappa shape index (κ2) is 8.88. The Kier molecular flexibility index (Phi) is 7.63. The Hall–Kier alpha value is -0.210. The Morgan fingerprint density at radius 3 is 1.79 bits per heavy atom. The molecule has 0 saturated carbocycles. The maximum absolute atomic E-state index is 11.5. The minimum absolute atomic E-state index is 0.144. The molecular formula is C16H13Cl6N3O2S. The summed E-state index contributed by atoms with van der Waals surface area (Å²) in [5.41, 5.74) is 0.547. The third-order valence-corrected chi connectivity index (χ3v) is 6.16. The van der Waals surface area contributed by atoms with E-state index >= 15 is 0 Å². The molecule has 0 fully saturated rings. The molecule has 0 radical (unpaired) electrons. The topological polar surface area (TPSA) is 76.0 Å². The fourth-order valence-corrected chi connectivity index (χ4v) is 3.49. The zero-order valence-corrected chi connectivity index (χ0v) is 19.7. The molecule has 0 aliphatic heterocycles. The summed E-state index contributed by atoms with van der Waals surface area (Å²) >= 11 is 36.5. The van der Waals surface area contributed by atoms with E-state index in [4.69, 9.17) is 69.6 Å². The smallest absolute Gasteiger partial charge is 0.319 e. The van der Waals surface area contributed by atoms with E-state index in [1.165, 1.54) is 11.8 Å². The van der Waals surface area contributed by atoms with E-state index in [0.717, 1.165) is 4.90 Å². The van der Waals surface area contributed by atoms with E-state index in [-0.39, 0.29) is 17.5 Å². The molecule has 2 aromatic rings. The first-order chi connectivity index (χ1) is 12.8. The van der Waals surface area contributed by atoms with Gasteiger partial charge >= 0.3 is 5.97 Å². The van der Waals surface area contributed by atoms with E-state index in [1.807, 2.05) is 6.92 Å². The van der Waals surface area contributed by atoms with Crippen molar-refractivity contribution in [2.45, 2.75) is 37.5 Å².